The molecule has 0 aliphatic heterocycles. The van der Waals surface area contributed by atoms with Gasteiger partial charge in [0.15, 0.2) is 6.61 Å². The lowest BCUT2D eigenvalue weighted by atomic mass is 10.1. The molecule has 2 aromatic rings. The van der Waals surface area contributed by atoms with Crippen molar-refractivity contribution in [3.05, 3.63) is 57.3 Å². The van der Waals surface area contributed by atoms with E-state index in [0.717, 1.165) is 10.4 Å². The van der Waals surface area contributed by atoms with Crippen molar-refractivity contribution in [3.63, 3.8) is 0 Å². The first kappa shape index (κ1) is 23.1. The first-order valence-electron chi connectivity index (χ1n) is 9.41. The second-order valence-corrected chi connectivity index (χ2v) is 8.02. The molecule has 3 N–H and O–H groups in total. The summed E-state index contributed by atoms with van der Waals surface area (Å²) < 4.78 is 5.10. The number of nitrogens with one attached hydrogen (secondary N) is 3. The number of ether oxygens (including phenoxy) is 1. The van der Waals surface area contributed by atoms with Crippen LogP contribution >= 0.6 is 11.3 Å². The summed E-state index contributed by atoms with van der Waals surface area (Å²) in [4.78, 5) is 48.2. The van der Waals surface area contributed by atoms with Crippen LogP contribution in [0.1, 0.15) is 51.2 Å². The molecule has 1 heterocycles. The van der Waals surface area contributed by atoms with E-state index in [-0.39, 0.29) is 30.4 Å². The molecule has 30 heavy (non-hydrogen) atoms. The maximum Gasteiger partial charge on any atom is 0.338 e. The number of amides is 3. The minimum absolute atomic E-state index is 0.0443. The molecule has 0 saturated carbocycles. The van der Waals surface area contributed by atoms with Gasteiger partial charge in [-0.05, 0) is 43.7 Å². The van der Waals surface area contributed by atoms with Crippen molar-refractivity contribution in [1.82, 2.24) is 16.0 Å². The number of ketones is 1. The molecule has 0 saturated heterocycles. The maximum atomic E-state index is 12.2. The standard InChI is InChI=1S/C21H25N3O5S/c1-13(2)24-21(28)23-10-15-4-6-16(7-5-15)20(27)29-12-18(26)19-9-8-17(30-19)11-22-14(3)25/h4-9,13H,10-12H2,1-3H3,(H,22,25)(H2,23,24,28). The van der Waals surface area contributed by atoms with Gasteiger partial charge in [-0.15, -0.1) is 11.3 Å². The van der Waals surface area contributed by atoms with Crippen LogP contribution in [0.2, 0.25) is 0 Å². The number of Topliss-reactive ketones (excluding diaryl/α,β-unsaturated/α-hetero) is 1. The van der Waals surface area contributed by atoms with E-state index in [2.05, 4.69) is 16.0 Å². The zero-order valence-corrected chi connectivity index (χ0v) is 17.9. The Morgan fingerprint density at radius 1 is 0.967 bits per heavy atom. The lowest BCUT2D eigenvalue weighted by molar-refractivity contribution is -0.119. The van der Waals surface area contributed by atoms with E-state index in [4.69, 9.17) is 4.74 Å². The number of rotatable bonds is 9. The van der Waals surface area contributed by atoms with Gasteiger partial charge in [0.05, 0.1) is 17.0 Å². The van der Waals surface area contributed by atoms with Crippen LogP contribution in [-0.4, -0.2) is 36.3 Å². The number of hydrogen-bond donors (Lipinski definition) is 3. The third-order valence-corrected chi connectivity index (χ3v) is 4.97. The van der Waals surface area contributed by atoms with Gasteiger partial charge in [-0.25, -0.2) is 9.59 Å². The highest BCUT2D eigenvalue weighted by Gasteiger charge is 2.14. The van der Waals surface area contributed by atoms with Crippen LogP contribution in [0.3, 0.4) is 0 Å². The predicted molar refractivity (Wildman–Crippen MR) is 113 cm³/mol. The summed E-state index contributed by atoms with van der Waals surface area (Å²) in [5, 5.41) is 8.11. The summed E-state index contributed by atoms with van der Waals surface area (Å²) in [6.45, 7) is 5.48. The molecule has 0 aliphatic carbocycles. The summed E-state index contributed by atoms with van der Waals surface area (Å²) in [7, 11) is 0. The highest BCUT2D eigenvalue weighted by atomic mass is 32.1. The average molecular weight is 432 g/mol. The Balaban J connectivity index is 1.81. The van der Waals surface area contributed by atoms with Crippen LogP contribution < -0.4 is 16.0 Å². The highest BCUT2D eigenvalue weighted by Crippen LogP contribution is 2.17. The fourth-order valence-corrected chi connectivity index (χ4v) is 3.25. The zero-order chi connectivity index (χ0) is 22.1. The van der Waals surface area contributed by atoms with Crippen molar-refractivity contribution in [2.75, 3.05) is 6.61 Å². The van der Waals surface area contributed by atoms with Gasteiger partial charge in [0.2, 0.25) is 11.7 Å². The molecule has 9 heteroatoms. The lowest BCUT2D eigenvalue weighted by Gasteiger charge is -2.10. The molecule has 2 rings (SSSR count). The average Bonchev–Trinajstić information content (AvgIpc) is 3.18. The third-order valence-electron chi connectivity index (χ3n) is 3.84. The minimum Gasteiger partial charge on any atom is -0.454 e. The monoisotopic (exact) mass is 431 g/mol. The Morgan fingerprint density at radius 2 is 1.67 bits per heavy atom. The van der Waals surface area contributed by atoms with Crippen LogP contribution in [0.25, 0.3) is 0 Å². The fraction of sp³-hybridized carbons (Fsp3) is 0.333. The molecule has 0 fully saturated rings. The van der Waals surface area contributed by atoms with Gasteiger partial charge < -0.3 is 20.7 Å². The van der Waals surface area contributed by atoms with Crippen molar-refractivity contribution in [2.24, 2.45) is 0 Å². The van der Waals surface area contributed by atoms with Gasteiger partial charge in [0, 0.05) is 24.4 Å². The molecular formula is C21H25N3O5S. The van der Waals surface area contributed by atoms with Gasteiger partial charge >= 0.3 is 12.0 Å². The van der Waals surface area contributed by atoms with Crippen LogP contribution in [0.5, 0.6) is 0 Å². The number of urea groups is 1. The molecule has 0 bridgehead atoms. The normalized spacial score (nSPS) is 10.4. The summed E-state index contributed by atoms with van der Waals surface area (Å²) >= 11 is 1.25. The molecule has 0 atom stereocenters. The Kier molecular flexibility index (Phi) is 8.54. The van der Waals surface area contributed by atoms with Crippen LogP contribution in [0, 0.1) is 0 Å². The van der Waals surface area contributed by atoms with Gasteiger partial charge in [0.25, 0.3) is 0 Å². The van der Waals surface area contributed by atoms with Gasteiger partial charge in [-0.1, -0.05) is 12.1 Å². The van der Waals surface area contributed by atoms with E-state index in [9.17, 15) is 19.2 Å². The Bertz CT molecular complexity index is 906. The summed E-state index contributed by atoms with van der Waals surface area (Å²) in [5.41, 5.74) is 1.14. The third kappa shape index (κ3) is 7.67. The summed E-state index contributed by atoms with van der Waals surface area (Å²) in [5.74, 6) is -1.05. The van der Waals surface area contributed by atoms with Crippen molar-refractivity contribution in [1.29, 1.82) is 0 Å². The van der Waals surface area contributed by atoms with E-state index in [1.807, 2.05) is 13.8 Å². The molecule has 8 nitrogen and oxygen atoms in total. The van der Waals surface area contributed by atoms with Crippen molar-refractivity contribution < 1.29 is 23.9 Å². The maximum absolute atomic E-state index is 12.2. The largest absolute Gasteiger partial charge is 0.454 e. The number of esters is 1. The number of hydrogen-bond acceptors (Lipinski definition) is 6. The first-order valence-corrected chi connectivity index (χ1v) is 10.2. The molecule has 0 aliphatic rings. The van der Waals surface area contributed by atoms with E-state index >= 15 is 0 Å². The molecule has 3 amide bonds. The lowest BCUT2D eigenvalue weighted by Crippen LogP contribution is -2.39. The zero-order valence-electron chi connectivity index (χ0n) is 17.1. The quantitative estimate of drug-likeness (QED) is 0.417. The minimum atomic E-state index is -0.601. The van der Waals surface area contributed by atoms with E-state index < -0.39 is 5.97 Å². The topological polar surface area (TPSA) is 114 Å². The smallest absolute Gasteiger partial charge is 0.338 e. The van der Waals surface area contributed by atoms with Gasteiger partial charge in [-0.2, -0.15) is 0 Å². The Hall–Kier alpha value is -3.20. The van der Waals surface area contributed by atoms with Gasteiger partial charge in [-0.3, -0.25) is 9.59 Å². The second kappa shape index (κ2) is 11.1. The second-order valence-electron chi connectivity index (χ2n) is 6.85. The predicted octanol–water partition coefficient (Wildman–Crippen LogP) is 2.63. The van der Waals surface area contributed by atoms with Crippen molar-refractivity contribution in [2.45, 2.75) is 39.9 Å². The number of thiophene rings is 1. The molecule has 0 radical (unpaired) electrons. The molecule has 0 spiro atoms. The molecule has 1 aromatic heterocycles. The fourth-order valence-electron chi connectivity index (χ4n) is 2.37. The summed E-state index contributed by atoms with van der Waals surface area (Å²) in [6, 6.07) is 9.77. The number of carbonyl (C=O) groups excluding carboxylic acids is 4. The SMILES string of the molecule is CC(=O)NCc1ccc(C(=O)COC(=O)c2ccc(CNC(=O)NC(C)C)cc2)s1. The van der Waals surface area contributed by atoms with Crippen LogP contribution in [-0.2, 0) is 22.6 Å². The highest BCUT2D eigenvalue weighted by molar-refractivity contribution is 7.14. The number of benzene rings is 1. The first-order chi connectivity index (χ1) is 14.2. The van der Waals surface area contributed by atoms with E-state index in [1.165, 1.54) is 18.3 Å². The van der Waals surface area contributed by atoms with Gasteiger partial charge in [0.1, 0.15) is 0 Å². The molecule has 0 unspecified atom stereocenters. The van der Waals surface area contributed by atoms with Crippen LogP contribution in [0.15, 0.2) is 36.4 Å². The van der Waals surface area contributed by atoms with Crippen molar-refractivity contribution in [3.8, 4) is 0 Å². The Labute approximate surface area is 179 Å². The molecular weight excluding hydrogens is 406 g/mol. The van der Waals surface area contributed by atoms with E-state index in [1.54, 1.807) is 36.4 Å². The van der Waals surface area contributed by atoms with Crippen molar-refractivity contribution >= 4 is 35.0 Å². The van der Waals surface area contributed by atoms with E-state index in [0.29, 0.717) is 23.5 Å². The summed E-state index contributed by atoms with van der Waals surface area (Å²) in [6.07, 6.45) is 0. The molecule has 1 aromatic carbocycles. The molecule has 160 valence electrons. The van der Waals surface area contributed by atoms with Crippen LogP contribution in [0.4, 0.5) is 4.79 Å². The number of carbonyl (C=O) groups is 4. The Morgan fingerprint density at radius 3 is 2.30 bits per heavy atom.